The maximum absolute atomic E-state index is 11.4. The molecule has 0 heterocycles. The van der Waals surface area contributed by atoms with Crippen LogP contribution in [0.25, 0.3) is 0 Å². The molecular formula is C26H36O. The van der Waals surface area contributed by atoms with E-state index in [0.717, 1.165) is 48.0 Å². The van der Waals surface area contributed by atoms with Crippen molar-refractivity contribution in [1.82, 2.24) is 0 Å². The van der Waals surface area contributed by atoms with Gasteiger partial charge in [-0.2, -0.15) is 0 Å². The SMILES string of the molecule is CC=C1CC[C@H]2[C@@H]3CC[C@@H]4C[C@](O)(c5ccccc5)CC[C@@H]4[C@H]3CC[C@]12C. The van der Waals surface area contributed by atoms with Crippen LogP contribution in [0.5, 0.6) is 0 Å². The van der Waals surface area contributed by atoms with Crippen molar-refractivity contribution in [3.63, 3.8) is 0 Å². The summed E-state index contributed by atoms with van der Waals surface area (Å²) in [5.74, 6) is 4.41. The Hall–Kier alpha value is -1.08. The Morgan fingerprint density at radius 1 is 0.926 bits per heavy atom. The van der Waals surface area contributed by atoms with E-state index in [1.807, 2.05) is 0 Å². The van der Waals surface area contributed by atoms with E-state index in [4.69, 9.17) is 0 Å². The third-order valence-electron chi connectivity index (χ3n) is 9.52. The van der Waals surface area contributed by atoms with Gasteiger partial charge in [0.2, 0.25) is 0 Å². The first kappa shape index (κ1) is 18.0. The molecule has 0 saturated heterocycles. The average molecular weight is 365 g/mol. The first-order valence-corrected chi connectivity index (χ1v) is 11.5. The fraction of sp³-hybridized carbons (Fsp3) is 0.692. The molecule has 5 rings (SSSR count). The lowest BCUT2D eigenvalue weighted by Gasteiger charge is -2.56. The number of fused-ring (bicyclic) bond motifs is 5. The van der Waals surface area contributed by atoms with E-state index in [1.54, 1.807) is 5.57 Å². The predicted molar refractivity (Wildman–Crippen MR) is 111 cm³/mol. The molecule has 0 radical (unpaired) electrons. The van der Waals surface area contributed by atoms with E-state index >= 15 is 0 Å². The van der Waals surface area contributed by atoms with Crippen LogP contribution in [0.3, 0.4) is 0 Å². The second-order valence-corrected chi connectivity index (χ2v) is 10.4. The van der Waals surface area contributed by atoms with E-state index in [1.165, 1.54) is 44.9 Å². The lowest BCUT2D eigenvalue weighted by atomic mass is 9.49. The Bertz CT molecular complexity index is 721. The zero-order chi connectivity index (χ0) is 18.6. The molecule has 0 unspecified atom stereocenters. The summed E-state index contributed by atoms with van der Waals surface area (Å²) in [6, 6.07) is 10.5. The van der Waals surface area contributed by atoms with Crippen LogP contribution in [0.15, 0.2) is 42.0 Å². The Labute approximate surface area is 165 Å². The van der Waals surface area contributed by atoms with E-state index in [9.17, 15) is 5.11 Å². The third kappa shape index (κ3) is 2.68. The topological polar surface area (TPSA) is 20.2 Å². The molecule has 4 aliphatic rings. The second kappa shape index (κ2) is 6.48. The molecule has 0 bridgehead atoms. The highest BCUT2D eigenvalue weighted by Crippen LogP contribution is 2.64. The maximum atomic E-state index is 11.4. The lowest BCUT2D eigenvalue weighted by molar-refractivity contribution is -0.100. The third-order valence-corrected chi connectivity index (χ3v) is 9.52. The van der Waals surface area contributed by atoms with Crippen LogP contribution >= 0.6 is 0 Å². The summed E-state index contributed by atoms with van der Waals surface area (Å²) in [6.07, 6.45) is 14.0. The molecule has 0 amide bonds. The van der Waals surface area contributed by atoms with Gasteiger partial charge in [0.1, 0.15) is 0 Å². The van der Waals surface area contributed by atoms with Gasteiger partial charge in [0, 0.05) is 0 Å². The number of rotatable bonds is 1. The largest absolute Gasteiger partial charge is 0.385 e. The molecule has 4 saturated carbocycles. The molecule has 0 aromatic heterocycles. The molecule has 0 spiro atoms. The minimum atomic E-state index is -0.579. The Morgan fingerprint density at radius 2 is 1.70 bits per heavy atom. The monoisotopic (exact) mass is 364 g/mol. The zero-order valence-electron chi connectivity index (χ0n) is 17.2. The van der Waals surface area contributed by atoms with Gasteiger partial charge in [-0.15, -0.1) is 0 Å². The van der Waals surface area contributed by atoms with E-state index < -0.39 is 5.60 Å². The van der Waals surface area contributed by atoms with Crippen molar-refractivity contribution >= 4 is 0 Å². The summed E-state index contributed by atoms with van der Waals surface area (Å²) in [6.45, 7) is 4.84. The predicted octanol–water partition coefficient (Wildman–Crippen LogP) is 6.47. The molecule has 4 aliphatic carbocycles. The summed E-state index contributed by atoms with van der Waals surface area (Å²) in [5.41, 5.74) is 2.83. The summed E-state index contributed by atoms with van der Waals surface area (Å²) in [5, 5.41) is 11.4. The standard InChI is InChI=1S/C26H36O/c1-3-19-10-12-24-23-11-9-18-17-26(27,20-7-5-4-6-8-20)16-14-21(18)22(23)13-15-25(19,24)2/h3-8,18,21-24,27H,9-17H2,1-2H3/t18-,21+,22-,23-,24+,25-,26+/m1/s1. The fourth-order valence-electron chi connectivity index (χ4n) is 8.21. The van der Waals surface area contributed by atoms with E-state index in [-0.39, 0.29) is 0 Å². The first-order valence-electron chi connectivity index (χ1n) is 11.5. The van der Waals surface area contributed by atoms with Crippen LogP contribution in [-0.2, 0) is 5.60 Å². The zero-order valence-corrected chi connectivity index (χ0v) is 17.2. The summed E-state index contributed by atoms with van der Waals surface area (Å²) in [7, 11) is 0. The minimum absolute atomic E-state index is 0.502. The molecule has 0 aliphatic heterocycles. The van der Waals surface area contributed by atoms with Crippen molar-refractivity contribution in [2.24, 2.45) is 35.0 Å². The molecule has 1 nitrogen and oxygen atoms in total. The van der Waals surface area contributed by atoms with Gasteiger partial charge in [-0.05, 0) is 105 Å². The fourth-order valence-corrected chi connectivity index (χ4v) is 8.21. The number of allylic oxidation sites excluding steroid dienone is 2. The Morgan fingerprint density at radius 3 is 2.48 bits per heavy atom. The summed E-state index contributed by atoms with van der Waals surface area (Å²) in [4.78, 5) is 0. The van der Waals surface area contributed by atoms with Crippen molar-refractivity contribution in [3.05, 3.63) is 47.5 Å². The van der Waals surface area contributed by atoms with Gasteiger partial charge in [0.25, 0.3) is 0 Å². The highest BCUT2D eigenvalue weighted by Gasteiger charge is 2.56. The molecular weight excluding hydrogens is 328 g/mol. The van der Waals surface area contributed by atoms with Crippen molar-refractivity contribution in [2.75, 3.05) is 0 Å². The van der Waals surface area contributed by atoms with E-state index in [0.29, 0.717) is 5.41 Å². The minimum Gasteiger partial charge on any atom is -0.385 e. The molecule has 27 heavy (non-hydrogen) atoms. The molecule has 7 atom stereocenters. The Kier molecular flexibility index (Phi) is 4.31. The quantitative estimate of drug-likeness (QED) is 0.566. The average Bonchev–Trinajstić information content (AvgIpc) is 3.04. The number of aliphatic hydroxyl groups is 1. The molecule has 1 aromatic rings. The van der Waals surface area contributed by atoms with Crippen molar-refractivity contribution in [1.29, 1.82) is 0 Å². The first-order chi connectivity index (χ1) is 13.0. The van der Waals surface area contributed by atoms with Gasteiger partial charge in [0.15, 0.2) is 0 Å². The van der Waals surface area contributed by atoms with E-state index in [2.05, 4.69) is 50.3 Å². The number of benzene rings is 1. The van der Waals surface area contributed by atoms with Gasteiger partial charge in [-0.1, -0.05) is 48.9 Å². The number of hydrogen-bond acceptors (Lipinski definition) is 1. The van der Waals surface area contributed by atoms with Crippen molar-refractivity contribution in [3.8, 4) is 0 Å². The van der Waals surface area contributed by atoms with Gasteiger partial charge >= 0.3 is 0 Å². The van der Waals surface area contributed by atoms with Gasteiger partial charge in [0.05, 0.1) is 5.60 Å². The van der Waals surface area contributed by atoms with Crippen LogP contribution in [0.2, 0.25) is 0 Å². The Balaban J connectivity index is 1.36. The van der Waals surface area contributed by atoms with Crippen molar-refractivity contribution in [2.45, 2.75) is 77.2 Å². The number of hydrogen-bond donors (Lipinski definition) is 1. The van der Waals surface area contributed by atoms with Crippen LogP contribution in [0.4, 0.5) is 0 Å². The second-order valence-electron chi connectivity index (χ2n) is 10.4. The molecule has 1 heteroatoms. The highest BCUT2D eigenvalue weighted by atomic mass is 16.3. The van der Waals surface area contributed by atoms with Gasteiger partial charge < -0.3 is 5.11 Å². The van der Waals surface area contributed by atoms with Crippen LogP contribution in [0, 0.1) is 35.0 Å². The van der Waals surface area contributed by atoms with Crippen LogP contribution < -0.4 is 0 Å². The lowest BCUT2D eigenvalue weighted by Crippen LogP contribution is -2.49. The molecule has 1 N–H and O–H groups in total. The van der Waals surface area contributed by atoms with Crippen LogP contribution in [-0.4, -0.2) is 5.11 Å². The van der Waals surface area contributed by atoms with Gasteiger partial charge in [-0.3, -0.25) is 0 Å². The smallest absolute Gasteiger partial charge is 0.0899 e. The molecule has 146 valence electrons. The maximum Gasteiger partial charge on any atom is 0.0899 e. The van der Waals surface area contributed by atoms with Crippen molar-refractivity contribution < 1.29 is 5.11 Å². The molecule has 4 fully saturated rings. The summed E-state index contributed by atoms with van der Waals surface area (Å²) >= 11 is 0. The molecule has 1 aromatic carbocycles. The highest BCUT2D eigenvalue weighted by molar-refractivity contribution is 5.25. The summed E-state index contributed by atoms with van der Waals surface area (Å²) < 4.78 is 0. The van der Waals surface area contributed by atoms with Gasteiger partial charge in [-0.25, -0.2) is 0 Å². The normalized spacial score (nSPS) is 48.0. The van der Waals surface area contributed by atoms with Crippen LogP contribution in [0.1, 0.15) is 77.2 Å².